The lowest BCUT2D eigenvalue weighted by atomic mass is 10.0. The fourth-order valence-corrected chi connectivity index (χ4v) is 1.79. The van der Waals surface area contributed by atoms with E-state index in [-0.39, 0.29) is 24.8 Å². The van der Waals surface area contributed by atoms with Crippen molar-refractivity contribution in [1.29, 1.82) is 0 Å². The zero-order valence-electron chi connectivity index (χ0n) is 10.2. The van der Waals surface area contributed by atoms with Crippen LogP contribution in [0.2, 0.25) is 0 Å². The maximum Gasteiger partial charge on any atom is 0.389 e. The molecule has 0 bridgehead atoms. The molecule has 1 N–H and O–H groups in total. The third kappa shape index (κ3) is 5.49. The highest BCUT2D eigenvalue weighted by Gasteiger charge is 2.26. The first kappa shape index (κ1) is 15.0. The largest absolute Gasteiger partial charge is 0.389 e. The Balaban J connectivity index is 2.43. The van der Waals surface area contributed by atoms with E-state index in [4.69, 9.17) is 0 Å². The summed E-state index contributed by atoms with van der Waals surface area (Å²) >= 11 is 0. The molecule has 0 aliphatic rings. The Kier molecular flexibility index (Phi) is 5.59. The molecule has 0 radical (unpaired) electrons. The zero-order valence-corrected chi connectivity index (χ0v) is 10.2. The third-order valence-electron chi connectivity index (χ3n) is 2.69. The van der Waals surface area contributed by atoms with Crippen LogP contribution in [0.4, 0.5) is 17.6 Å². The minimum Gasteiger partial charge on any atom is -0.310 e. The van der Waals surface area contributed by atoms with Crippen molar-refractivity contribution in [2.75, 3.05) is 6.54 Å². The maximum absolute atomic E-state index is 13.0. The molecule has 1 aromatic rings. The Morgan fingerprint density at radius 2 is 2.00 bits per heavy atom. The van der Waals surface area contributed by atoms with Gasteiger partial charge in [0, 0.05) is 12.5 Å². The van der Waals surface area contributed by atoms with Gasteiger partial charge in [-0.2, -0.15) is 13.2 Å². The summed E-state index contributed by atoms with van der Waals surface area (Å²) in [6.07, 6.45) is -4.16. The second-order valence-corrected chi connectivity index (χ2v) is 4.19. The standard InChI is InChI=1S/C13H17F4N/c1-2-12(10-5-3-6-11(14)9-10)18-8-4-7-13(15,16)17/h3,5-6,9,12,18H,2,4,7-8H2,1H3. The number of alkyl halides is 3. The van der Waals surface area contributed by atoms with Crippen LogP contribution in [0.1, 0.15) is 37.8 Å². The number of halogens is 4. The lowest BCUT2D eigenvalue weighted by Gasteiger charge is -2.17. The van der Waals surface area contributed by atoms with Crippen LogP contribution in [-0.2, 0) is 0 Å². The van der Waals surface area contributed by atoms with E-state index in [1.165, 1.54) is 12.1 Å². The quantitative estimate of drug-likeness (QED) is 0.599. The van der Waals surface area contributed by atoms with Gasteiger partial charge in [-0.05, 0) is 37.1 Å². The van der Waals surface area contributed by atoms with Gasteiger partial charge >= 0.3 is 6.18 Å². The highest BCUT2D eigenvalue weighted by atomic mass is 19.4. The van der Waals surface area contributed by atoms with Crippen LogP contribution < -0.4 is 5.32 Å². The second kappa shape index (κ2) is 6.73. The Hall–Kier alpha value is -1.10. The summed E-state index contributed by atoms with van der Waals surface area (Å²) in [4.78, 5) is 0. The molecule has 0 spiro atoms. The molecule has 18 heavy (non-hydrogen) atoms. The molecule has 1 atom stereocenters. The number of nitrogens with one attached hydrogen (secondary N) is 1. The molecule has 1 unspecified atom stereocenters. The van der Waals surface area contributed by atoms with E-state index in [2.05, 4.69) is 5.32 Å². The Morgan fingerprint density at radius 3 is 2.56 bits per heavy atom. The van der Waals surface area contributed by atoms with Gasteiger partial charge in [-0.3, -0.25) is 0 Å². The second-order valence-electron chi connectivity index (χ2n) is 4.19. The highest BCUT2D eigenvalue weighted by Crippen LogP contribution is 2.22. The molecule has 0 fully saturated rings. The predicted molar refractivity (Wildman–Crippen MR) is 62.7 cm³/mol. The summed E-state index contributed by atoms with van der Waals surface area (Å²) < 4.78 is 48.9. The van der Waals surface area contributed by atoms with Crippen molar-refractivity contribution in [2.24, 2.45) is 0 Å². The summed E-state index contributed by atoms with van der Waals surface area (Å²) in [6, 6.07) is 6.03. The molecule has 1 aromatic carbocycles. The van der Waals surface area contributed by atoms with Crippen molar-refractivity contribution in [1.82, 2.24) is 5.32 Å². The number of rotatable bonds is 6. The van der Waals surface area contributed by atoms with Gasteiger partial charge in [0.25, 0.3) is 0 Å². The first-order chi connectivity index (χ1) is 8.42. The van der Waals surface area contributed by atoms with Gasteiger partial charge in [0.2, 0.25) is 0 Å². The van der Waals surface area contributed by atoms with Crippen LogP contribution in [0.3, 0.4) is 0 Å². The molecule has 0 aliphatic carbocycles. The van der Waals surface area contributed by atoms with Crippen LogP contribution in [0.5, 0.6) is 0 Å². The number of benzene rings is 1. The molecule has 0 saturated heterocycles. The van der Waals surface area contributed by atoms with Crippen molar-refractivity contribution in [3.05, 3.63) is 35.6 Å². The molecule has 0 saturated carbocycles. The van der Waals surface area contributed by atoms with Crippen LogP contribution in [0.25, 0.3) is 0 Å². The summed E-state index contributed by atoms with van der Waals surface area (Å²) in [5.41, 5.74) is 0.768. The molecule has 102 valence electrons. The van der Waals surface area contributed by atoms with Crippen molar-refractivity contribution in [2.45, 2.75) is 38.4 Å². The van der Waals surface area contributed by atoms with Gasteiger partial charge < -0.3 is 5.32 Å². The molecular formula is C13H17F4N. The summed E-state index contributed by atoms with van der Waals surface area (Å²) in [6.45, 7) is 2.18. The van der Waals surface area contributed by atoms with Gasteiger partial charge in [-0.15, -0.1) is 0 Å². The molecule has 1 rings (SSSR count). The van der Waals surface area contributed by atoms with Gasteiger partial charge in [-0.25, -0.2) is 4.39 Å². The van der Waals surface area contributed by atoms with Gasteiger partial charge in [0.1, 0.15) is 5.82 Å². The van der Waals surface area contributed by atoms with E-state index < -0.39 is 12.6 Å². The highest BCUT2D eigenvalue weighted by molar-refractivity contribution is 5.19. The molecule has 0 amide bonds. The summed E-state index contributed by atoms with van der Waals surface area (Å²) in [7, 11) is 0. The number of hydrogen-bond donors (Lipinski definition) is 1. The normalized spacial score (nSPS) is 13.6. The minimum absolute atomic E-state index is 0.0370. The SMILES string of the molecule is CCC(NCCCC(F)(F)F)c1cccc(F)c1. The smallest absolute Gasteiger partial charge is 0.310 e. The van der Waals surface area contributed by atoms with Crippen molar-refractivity contribution in [3.8, 4) is 0 Å². The van der Waals surface area contributed by atoms with E-state index in [1.54, 1.807) is 12.1 Å². The van der Waals surface area contributed by atoms with Crippen LogP contribution >= 0.6 is 0 Å². The molecule has 5 heteroatoms. The van der Waals surface area contributed by atoms with Crippen LogP contribution in [0.15, 0.2) is 24.3 Å². The summed E-state index contributed by atoms with van der Waals surface area (Å²) in [5.74, 6) is -0.331. The van der Waals surface area contributed by atoms with Gasteiger partial charge in [0.15, 0.2) is 0 Å². The van der Waals surface area contributed by atoms with E-state index in [9.17, 15) is 17.6 Å². The molecule has 0 aliphatic heterocycles. The Labute approximate surface area is 104 Å². The molecule has 0 aromatic heterocycles. The fourth-order valence-electron chi connectivity index (χ4n) is 1.79. The minimum atomic E-state index is -4.11. The van der Waals surface area contributed by atoms with Gasteiger partial charge in [-0.1, -0.05) is 19.1 Å². The van der Waals surface area contributed by atoms with E-state index in [0.717, 1.165) is 5.56 Å². The monoisotopic (exact) mass is 263 g/mol. The number of hydrogen-bond acceptors (Lipinski definition) is 1. The van der Waals surface area contributed by atoms with Crippen molar-refractivity contribution >= 4 is 0 Å². The average Bonchev–Trinajstić information content (AvgIpc) is 2.27. The molecule has 1 nitrogen and oxygen atoms in total. The van der Waals surface area contributed by atoms with E-state index in [0.29, 0.717) is 6.42 Å². The van der Waals surface area contributed by atoms with Gasteiger partial charge in [0.05, 0.1) is 0 Å². The Morgan fingerprint density at radius 1 is 1.28 bits per heavy atom. The maximum atomic E-state index is 13.0. The zero-order chi connectivity index (χ0) is 13.6. The third-order valence-corrected chi connectivity index (χ3v) is 2.69. The Bertz CT molecular complexity index is 362. The first-order valence-electron chi connectivity index (χ1n) is 5.98. The van der Waals surface area contributed by atoms with E-state index in [1.807, 2.05) is 6.92 Å². The van der Waals surface area contributed by atoms with Crippen molar-refractivity contribution < 1.29 is 17.6 Å². The molecule has 0 heterocycles. The molecular weight excluding hydrogens is 246 g/mol. The predicted octanol–water partition coefficient (Wildman–Crippen LogP) is 4.21. The topological polar surface area (TPSA) is 12.0 Å². The first-order valence-corrected chi connectivity index (χ1v) is 5.98. The lowest BCUT2D eigenvalue weighted by Crippen LogP contribution is -2.23. The summed E-state index contributed by atoms with van der Waals surface area (Å²) in [5, 5.41) is 3.02. The fraction of sp³-hybridized carbons (Fsp3) is 0.538. The average molecular weight is 263 g/mol. The van der Waals surface area contributed by atoms with Crippen LogP contribution in [0, 0.1) is 5.82 Å². The van der Waals surface area contributed by atoms with Crippen LogP contribution in [-0.4, -0.2) is 12.7 Å². The van der Waals surface area contributed by atoms with E-state index >= 15 is 0 Å². The van der Waals surface area contributed by atoms with Crippen molar-refractivity contribution in [3.63, 3.8) is 0 Å². The lowest BCUT2D eigenvalue weighted by molar-refractivity contribution is -0.135.